The van der Waals surface area contributed by atoms with Gasteiger partial charge in [0.05, 0.1) is 0 Å². The van der Waals surface area contributed by atoms with Crippen molar-refractivity contribution in [2.75, 3.05) is 0 Å². The van der Waals surface area contributed by atoms with Crippen LogP contribution in [-0.2, 0) is 9.59 Å². The Morgan fingerprint density at radius 1 is 1.86 bits per heavy atom. The first kappa shape index (κ1) is 10.3. The second-order valence-corrected chi connectivity index (χ2v) is 0.938. The molecule has 0 fully saturated rings. The average molecular weight is 110 g/mol. The molecule has 36 valence electrons. The van der Waals surface area contributed by atoms with E-state index in [0.717, 1.165) is 0 Å². The number of hydrogen-bond donors (Lipinski definition) is 0. The Bertz CT molecular complexity index is 74.4. The fraction of sp³-hybridized carbons (Fsp3) is 0.500. The van der Waals surface area contributed by atoms with E-state index >= 15 is 0 Å². The number of rotatable bonds is 2. The number of ketones is 1. The van der Waals surface area contributed by atoms with Crippen LogP contribution < -0.4 is 29.6 Å². The summed E-state index contributed by atoms with van der Waals surface area (Å²) in [7, 11) is 0. The normalized spacial score (nSPS) is 6.43. The Morgan fingerprint density at radius 2 is 2.29 bits per heavy atom. The maximum atomic E-state index is 9.81. The summed E-state index contributed by atoms with van der Waals surface area (Å²) in [5.74, 6) is -0.338. The summed E-state index contributed by atoms with van der Waals surface area (Å²) in [6, 6.07) is 0. The molecule has 0 radical (unpaired) electrons. The molecular formula is C4H7NaO2. The molecule has 0 atom stereocenters. The zero-order chi connectivity index (χ0) is 4.99. The molecule has 0 amide bonds. The van der Waals surface area contributed by atoms with E-state index in [1.807, 2.05) is 0 Å². The van der Waals surface area contributed by atoms with E-state index in [-0.39, 0.29) is 36.8 Å². The topological polar surface area (TPSA) is 34.1 Å². The van der Waals surface area contributed by atoms with Crippen molar-refractivity contribution in [1.29, 1.82) is 0 Å². The molecular weight excluding hydrogens is 103 g/mol. The third-order valence-corrected chi connectivity index (χ3v) is 0.480. The Hall–Kier alpha value is 0.340. The molecule has 7 heavy (non-hydrogen) atoms. The summed E-state index contributed by atoms with van der Waals surface area (Å²) in [5.41, 5.74) is 0. The van der Waals surface area contributed by atoms with Crippen LogP contribution in [0.5, 0.6) is 0 Å². The molecule has 0 aliphatic rings. The van der Waals surface area contributed by atoms with Crippen LogP contribution in [-0.4, -0.2) is 12.1 Å². The molecule has 0 aromatic rings. The SMILES string of the molecule is CCC(=O)C=O.[H-].[Na+]. The van der Waals surface area contributed by atoms with E-state index in [1.165, 1.54) is 0 Å². The zero-order valence-corrected chi connectivity index (χ0v) is 6.60. The van der Waals surface area contributed by atoms with E-state index in [1.54, 1.807) is 6.92 Å². The van der Waals surface area contributed by atoms with Crippen LogP contribution in [0.4, 0.5) is 0 Å². The molecule has 3 heteroatoms. The quantitative estimate of drug-likeness (QED) is 0.220. The van der Waals surface area contributed by atoms with Gasteiger partial charge in [0.1, 0.15) is 0 Å². The third-order valence-electron chi connectivity index (χ3n) is 0.480. The first-order valence-corrected chi connectivity index (χ1v) is 1.79. The Balaban J connectivity index is -0.000000125. The number of carbonyl (C=O) groups is 2. The minimum Gasteiger partial charge on any atom is -1.00 e. The maximum Gasteiger partial charge on any atom is 1.00 e. The van der Waals surface area contributed by atoms with Gasteiger partial charge in [0.15, 0.2) is 12.1 Å². The summed E-state index contributed by atoms with van der Waals surface area (Å²) in [6.45, 7) is 1.65. The first-order valence-electron chi connectivity index (χ1n) is 1.79. The number of Topliss-reactive ketones (excluding diaryl/α,β-unsaturated/α-hetero) is 1. The second-order valence-electron chi connectivity index (χ2n) is 0.938. The van der Waals surface area contributed by atoms with E-state index < -0.39 is 0 Å². The van der Waals surface area contributed by atoms with Crippen molar-refractivity contribution in [2.24, 2.45) is 0 Å². The van der Waals surface area contributed by atoms with Crippen molar-refractivity contribution in [3.05, 3.63) is 0 Å². The van der Waals surface area contributed by atoms with Gasteiger partial charge >= 0.3 is 29.6 Å². The van der Waals surface area contributed by atoms with Crippen molar-refractivity contribution in [3.63, 3.8) is 0 Å². The van der Waals surface area contributed by atoms with Crippen LogP contribution >= 0.6 is 0 Å². The fourth-order valence-electron chi connectivity index (χ4n) is 0.0833. The summed E-state index contributed by atoms with van der Waals surface area (Å²) in [5, 5.41) is 0. The number of carbonyl (C=O) groups excluding carboxylic acids is 2. The van der Waals surface area contributed by atoms with E-state index in [9.17, 15) is 9.59 Å². The standard InChI is InChI=1S/C4H6O2.Na.H/c1-2-4(6)3-5;;/h3H,2H2,1H3;;/q;+1;-1. The van der Waals surface area contributed by atoms with Crippen molar-refractivity contribution in [3.8, 4) is 0 Å². The molecule has 0 heterocycles. The third kappa shape index (κ3) is 6.34. The minimum atomic E-state index is -0.338. The van der Waals surface area contributed by atoms with E-state index in [4.69, 9.17) is 0 Å². The van der Waals surface area contributed by atoms with Gasteiger partial charge in [-0.15, -0.1) is 0 Å². The Kier molecular flexibility index (Phi) is 9.37. The molecule has 0 aliphatic carbocycles. The molecule has 0 spiro atoms. The Morgan fingerprint density at radius 3 is 2.29 bits per heavy atom. The second kappa shape index (κ2) is 6.34. The van der Waals surface area contributed by atoms with Crippen molar-refractivity contribution >= 4 is 12.1 Å². The number of hydrogen-bond acceptors (Lipinski definition) is 2. The van der Waals surface area contributed by atoms with Gasteiger partial charge in [0.25, 0.3) is 0 Å². The van der Waals surface area contributed by atoms with Crippen LogP contribution in [0.2, 0.25) is 0 Å². The van der Waals surface area contributed by atoms with Crippen LogP contribution in [0.25, 0.3) is 0 Å². The largest absolute Gasteiger partial charge is 1.00 e. The van der Waals surface area contributed by atoms with Gasteiger partial charge in [-0.05, 0) is 0 Å². The minimum absolute atomic E-state index is 0. The smallest absolute Gasteiger partial charge is 1.00 e. The van der Waals surface area contributed by atoms with Crippen molar-refractivity contribution < 1.29 is 40.6 Å². The van der Waals surface area contributed by atoms with E-state index in [0.29, 0.717) is 12.7 Å². The van der Waals surface area contributed by atoms with Crippen LogP contribution in [0, 0.1) is 0 Å². The predicted molar refractivity (Wildman–Crippen MR) is 22.5 cm³/mol. The van der Waals surface area contributed by atoms with Crippen molar-refractivity contribution in [2.45, 2.75) is 13.3 Å². The molecule has 0 N–H and O–H groups in total. The van der Waals surface area contributed by atoms with Gasteiger partial charge in [0.2, 0.25) is 0 Å². The molecule has 0 rings (SSSR count). The molecule has 0 aliphatic heterocycles. The molecule has 0 aromatic carbocycles. The van der Waals surface area contributed by atoms with E-state index in [2.05, 4.69) is 0 Å². The molecule has 2 nitrogen and oxygen atoms in total. The monoisotopic (exact) mass is 110 g/mol. The summed E-state index contributed by atoms with van der Waals surface area (Å²) < 4.78 is 0. The summed E-state index contributed by atoms with van der Waals surface area (Å²) in [4.78, 5) is 19.2. The molecule has 0 bridgehead atoms. The fourth-order valence-corrected chi connectivity index (χ4v) is 0.0833. The molecule has 0 saturated carbocycles. The summed E-state index contributed by atoms with van der Waals surface area (Å²) >= 11 is 0. The van der Waals surface area contributed by atoms with Gasteiger partial charge in [-0.2, -0.15) is 0 Å². The van der Waals surface area contributed by atoms with Gasteiger partial charge in [0, 0.05) is 6.42 Å². The predicted octanol–water partition coefficient (Wildman–Crippen LogP) is -2.72. The zero-order valence-electron chi connectivity index (χ0n) is 5.60. The maximum absolute atomic E-state index is 9.81. The van der Waals surface area contributed by atoms with Crippen LogP contribution in [0.15, 0.2) is 0 Å². The van der Waals surface area contributed by atoms with Gasteiger partial charge < -0.3 is 1.43 Å². The van der Waals surface area contributed by atoms with Gasteiger partial charge in [-0.1, -0.05) is 6.92 Å². The molecule has 0 aromatic heterocycles. The molecule has 0 unspecified atom stereocenters. The molecule has 0 saturated heterocycles. The van der Waals surface area contributed by atoms with Crippen LogP contribution in [0.1, 0.15) is 14.8 Å². The van der Waals surface area contributed by atoms with Crippen LogP contribution in [0.3, 0.4) is 0 Å². The summed E-state index contributed by atoms with van der Waals surface area (Å²) in [6.07, 6.45) is 0.656. The van der Waals surface area contributed by atoms with Gasteiger partial charge in [-0.25, -0.2) is 0 Å². The van der Waals surface area contributed by atoms with Gasteiger partial charge in [-0.3, -0.25) is 9.59 Å². The average Bonchev–Trinajstić information content (AvgIpc) is 1.65. The first-order chi connectivity index (χ1) is 2.81. The Labute approximate surface area is 66.1 Å². The van der Waals surface area contributed by atoms with Crippen molar-refractivity contribution in [1.82, 2.24) is 0 Å². The number of aldehydes is 1.